The van der Waals surface area contributed by atoms with Crippen LogP contribution in [0.3, 0.4) is 0 Å². The van der Waals surface area contributed by atoms with Crippen LogP contribution in [0, 0.1) is 0 Å². The van der Waals surface area contributed by atoms with Crippen molar-refractivity contribution in [3.63, 3.8) is 0 Å². The van der Waals surface area contributed by atoms with Gasteiger partial charge in [0.2, 0.25) is 5.76 Å². The fourth-order valence-corrected chi connectivity index (χ4v) is 3.56. The van der Waals surface area contributed by atoms with Gasteiger partial charge in [-0.05, 0) is 29.8 Å². The lowest BCUT2D eigenvalue weighted by Gasteiger charge is -2.24. The largest absolute Gasteiger partial charge is 0.450 e. The van der Waals surface area contributed by atoms with Crippen molar-refractivity contribution in [3.8, 4) is 0 Å². The lowest BCUT2D eigenvalue weighted by molar-refractivity contribution is 0.0691. The molecule has 0 spiro atoms. The van der Waals surface area contributed by atoms with E-state index < -0.39 is 6.04 Å². The van der Waals surface area contributed by atoms with Crippen LogP contribution in [0.25, 0.3) is 11.0 Å². The monoisotopic (exact) mass is 399 g/mol. The normalized spacial score (nSPS) is 16.5. The number of benzene rings is 2. The Bertz CT molecular complexity index is 1030. The van der Waals surface area contributed by atoms with Crippen LogP contribution in [0.1, 0.15) is 27.7 Å². The molecule has 3 aromatic rings. The summed E-state index contributed by atoms with van der Waals surface area (Å²) in [6, 6.07) is 13.8. The predicted octanol–water partition coefficient (Wildman–Crippen LogP) is 3.09. The van der Waals surface area contributed by atoms with Crippen LogP contribution in [0.4, 0.5) is 0 Å². The number of carbonyl (C=O) groups excluding carboxylic acids is 1. The van der Waals surface area contributed by atoms with Crippen LogP contribution in [0.5, 0.6) is 0 Å². The van der Waals surface area contributed by atoms with Crippen LogP contribution in [-0.4, -0.2) is 29.1 Å². The van der Waals surface area contributed by atoms with E-state index in [1.165, 1.54) is 4.90 Å². The summed E-state index contributed by atoms with van der Waals surface area (Å²) < 4.78 is 6.67. The Labute approximate surface area is 151 Å². The number of β-amino-alcohol motifs (C(OH)–C–C–N with tert-alkyl or cyclic N) is 1. The lowest BCUT2D eigenvalue weighted by Crippen LogP contribution is -2.32. The van der Waals surface area contributed by atoms with Crippen molar-refractivity contribution >= 4 is 32.8 Å². The third kappa shape index (κ3) is 2.49. The molecule has 1 atom stereocenters. The smallest absolute Gasteiger partial charge is 0.290 e. The van der Waals surface area contributed by atoms with E-state index in [0.29, 0.717) is 16.5 Å². The first kappa shape index (κ1) is 16.1. The molecular formula is C19H14BrNO4. The topological polar surface area (TPSA) is 70.8 Å². The molecule has 25 heavy (non-hydrogen) atoms. The number of halogens is 1. The summed E-state index contributed by atoms with van der Waals surface area (Å²) >= 11 is 3.39. The molecule has 0 saturated heterocycles. The molecule has 1 unspecified atom stereocenters. The molecule has 126 valence electrons. The van der Waals surface area contributed by atoms with Gasteiger partial charge in [0.25, 0.3) is 5.91 Å². The van der Waals surface area contributed by atoms with Crippen molar-refractivity contribution in [3.05, 3.63) is 80.1 Å². The summed E-state index contributed by atoms with van der Waals surface area (Å²) in [5, 5.41) is 9.83. The molecule has 2 heterocycles. The average Bonchev–Trinajstić information content (AvgIpc) is 2.89. The van der Waals surface area contributed by atoms with Gasteiger partial charge in [-0.1, -0.05) is 40.2 Å². The molecule has 1 aromatic heterocycles. The van der Waals surface area contributed by atoms with E-state index in [-0.39, 0.29) is 30.2 Å². The Morgan fingerprint density at radius 2 is 1.80 bits per heavy atom. The summed E-state index contributed by atoms with van der Waals surface area (Å²) in [5.41, 5.74) is 1.31. The summed E-state index contributed by atoms with van der Waals surface area (Å²) in [5.74, 6) is -0.315. The van der Waals surface area contributed by atoms with Gasteiger partial charge in [-0.15, -0.1) is 0 Å². The minimum Gasteiger partial charge on any atom is -0.450 e. The van der Waals surface area contributed by atoms with Crippen LogP contribution >= 0.6 is 15.9 Å². The van der Waals surface area contributed by atoms with Crippen LogP contribution < -0.4 is 5.43 Å². The highest BCUT2D eigenvalue weighted by molar-refractivity contribution is 9.10. The summed E-state index contributed by atoms with van der Waals surface area (Å²) in [4.78, 5) is 27.3. The van der Waals surface area contributed by atoms with E-state index in [2.05, 4.69) is 15.9 Å². The number of hydrogen-bond acceptors (Lipinski definition) is 4. The molecule has 2 aromatic carbocycles. The Morgan fingerprint density at radius 1 is 1.08 bits per heavy atom. The molecule has 1 N–H and O–H groups in total. The number of carbonyl (C=O) groups is 1. The second-order valence-electron chi connectivity index (χ2n) is 5.85. The van der Waals surface area contributed by atoms with Gasteiger partial charge in [0, 0.05) is 11.0 Å². The molecule has 0 bridgehead atoms. The minimum absolute atomic E-state index is 0.0602. The SMILES string of the molecule is O=C1c2oc3ccccc3c(=O)c2C(c2ccc(Br)cc2)N1CCO. The van der Waals surface area contributed by atoms with Crippen molar-refractivity contribution in [1.29, 1.82) is 0 Å². The van der Waals surface area contributed by atoms with Crippen molar-refractivity contribution < 1.29 is 14.3 Å². The van der Waals surface area contributed by atoms with Gasteiger partial charge in [-0.3, -0.25) is 9.59 Å². The first-order valence-corrected chi connectivity index (χ1v) is 8.64. The first-order valence-electron chi connectivity index (χ1n) is 7.85. The van der Waals surface area contributed by atoms with Gasteiger partial charge < -0.3 is 14.4 Å². The Kier molecular flexibility index (Phi) is 3.94. The zero-order chi connectivity index (χ0) is 17.6. The highest BCUT2D eigenvalue weighted by atomic mass is 79.9. The maximum atomic E-state index is 13.1. The number of amides is 1. The summed E-state index contributed by atoms with van der Waals surface area (Å²) in [6.45, 7) is -0.0694. The second kappa shape index (κ2) is 6.13. The maximum Gasteiger partial charge on any atom is 0.290 e. The average molecular weight is 400 g/mol. The molecule has 0 radical (unpaired) electrons. The fraction of sp³-hybridized carbons (Fsp3) is 0.158. The van der Waals surface area contributed by atoms with Gasteiger partial charge in [-0.25, -0.2) is 0 Å². The zero-order valence-corrected chi connectivity index (χ0v) is 14.7. The van der Waals surface area contributed by atoms with Gasteiger partial charge >= 0.3 is 0 Å². The molecule has 1 aliphatic rings. The standard InChI is InChI=1S/C19H14BrNO4/c20-12-7-5-11(6-8-12)16-15-17(23)13-3-1-2-4-14(13)25-18(15)19(24)21(16)9-10-22/h1-8,16,22H,9-10H2. The third-order valence-electron chi connectivity index (χ3n) is 4.40. The molecule has 0 fully saturated rings. The Morgan fingerprint density at radius 3 is 2.52 bits per heavy atom. The van der Waals surface area contributed by atoms with Gasteiger partial charge in [0.1, 0.15) is 5.58 Å². The molecule has 0 saturated carbocycles. The molecule has 4 rings (SSSR count). The van der Waals surface area contributed by atoms with E-state index in [4.69, 9.17) is 4.42 Å². The Hall–Kier alpha value is -2.44. The van der Waals surface area contributed by atoms with Crippen molar-refractivity contribution in [2.45, 2.75) is 6.04 Å². The highest BCUT2D eigenvalue weighted by Crippen LogP contribution is 2.38. The lowest BCUT2D eigenvalue weighted by atomic mass is 9.98. The molecule has 0 aliphatic carbocycles. The van der Waals surface area contributed by atoms with E-state index >= 15 is 0 Å². The third-order valence-corrected chi connectivity index (χ3v) is 4.93. The Balaban J connectivity index is 2.00. The van der Waals surface area contributed by atoms with Crippen molar-refractivity contribution in [1.82, 2.24) is 4.90 Å². The first-order chi connectivity index (χ1) is 12.1. The van der Waals surface area contributed by atoms with Crippen LogP contribution in [0.2, 0.25) is 0 Å². The van der Waals surface area contributed by atoms with E-state index in [9.17, 15) is 14.7 Å². The van der Waals surface area contributed by atoms with E-state index in [0.717, 1.165) is 10.0 Å². The number of nitrogens with zero attached hydrogens (tertiary/aromatic N) is 1. The zero-order valence-electron chi connectivity index (χ0n) is 13.1. The number of hydrogen-bond donors (Lipinski definition) is 1. The minimum atomic E-state index is -0.566. The van der Waals surface area contributed by atoms with Crippen LogP contribution in [0.15, 0.2) is 62.2 Å². The molecule has 6 heteroatoms. The summed E-state index contributed by atoms with van der Waals surface area (Å²) in [7, 11) is 0. The van der Waals surface area contributed by atoms with Crippen molar-refractivity contribution in [2.75, 3.05) is 13.2 Å². The molecule has 1 amide bonds. The quantitative estimate of drug-likeness (QED) is 0.734. The van der Waals surface area contributed by atoms with Gasteiger partial charge in [-0.2, -0.15) is 0 Å². The fourth-order valence-electron chi connectivity index (χ4n) is 3.30. The van der Waals surface area contributed by atoms with Gasteiger partial charge in [0.05, 0.1) is 23.6 Å². The predicted molar refractivity (Wildman–Crippen MR) is 96.6 cm³/mol. The number of aliphatic hydroxyl groups excluding tert-OH is 1. The number of para-hydroxylation sites is 1. The maximum absolute atomic E-state index is 13.1. The van der Waals surface area contributed by atoms with Crippen molar-refractivity contribution in [2.24, 2.45) is 0 Å². The number of fused-ring (bicyclic) bond motifs is 2. The second-order valence-corrected chi connectivity index (χ2v) is 6.76. The number of rotatable bonds is 3. The van der Waals surface area contributed by atoms with Gasteiger partial charge in [0.15, 0.2) is 5.43 Å². The van der Waals surface area contributed by atoms with E-state index in [1.807, 2.05) is 24.3 Å². The highest BCUT2D eigenvalue weighted by Gasteiger charge is 2.42. The molecular weight excluding hydrogens is 386 g/mol. The number of aliphatic hydroxyl groups is 1. The molecule has 1 aliphatic heterocycles. The van der Waals surface area contributed by atoms with Crippen LogP contribution in [-0.2, 0) is 0 Å². The van der Waals surface area contributed by atoms with E-state index in [1.54, 1.807) is 24.3 Å². The summed E-state index contributed by atoms with van der Waals surface area (Å²) in [6.07, 6.45) is 0. The molecule has 5 nitrogen and oxygen atoms in total.